The van der Waals surface area contributed by atoms with Crippen LogP contribution in [0.4, 0.5) is 9.59 Å². The Labute approximate surface area is 352 Å². The highest BCUT2D eigenvalue weighted by Crippen LogP contribution is 2.25. The minimum absolute atomic E-state index is 0.0595. The lowest BCUT2D eigenvalue weighted by Crippen LogP contribution is -2.62. The highest BCUT2D eigenvalue weighted by Gasteiger charge is 2.51. The molecule has 31 nitrogen and oxygen atoms in total. The molecule has 2 fully saturated rings. The molecule has 2 aliphatic rings. The Morgan fingerprint density at radius 3 is 1.32 bits per heavy atom. The van der Waals surface area contributed by atoms with Gasteiger partial charge in [0.15, 0.2) is 11.5 Å². The average molecular weight is 978 g/mol. The van der Waals surface area contributed by atoms with Gasteiger partial charge in [-0.3, -0.25) is 66.6 Å². The predicted octanol–water partition coefficient (Wildman–Crippen LogP) is -3.75. The molecular weight excluding hydrogens is 959 g/mol. The zero-order valence-electron chi connectivity index (χ0n) is 29.4. The number of rotatable bonds is 16. The van der Waals surface area contributed by atoms with E-state index < -0.39 is 157 Å². The number of fused-ring (bicyclic) bond motifs is 1. The van der Waals surface area contributed by atoms with Gasteiger partial charge in [-0.25, -0.2) is 25.4 Å². The van der Waals surface area contributed by atoms with Crippen LogP contribution in [0.1, 0.15) is 4.79 Å². The largest absolute Gasteiger partial charge is 0.347 e. The third-order valence-corrected chi connectivity index (χ3v) is 10.1. The second-order valence-corrected chi connectivity index (χ2v) is 16.3. The van der Waals surface area contributed by atoms with Crippen LogP contribution in [-0.4, -0.2) is 160 Å². The van der Waals surface area contributed by atoms with E-state index in [0.717, 1.165) is 24.3 Å². The molecule has 334 valence electrons. The molecule has 36 heteroatoms. The molecule has 0 saturated carbocycles. The van der Waals surface area contributed by atoms with Crippen LogP contribution in [-0.2, 0) is 86.7 Å². The van der Waals surface area contributed by atoms with Crippen molar-refractivity contribution in [3.05, 3.63) is 35.0 Å². The smallest absolute Gasteiger partial charge is 0.285 e. The number of urea groups is 2. The van der Waals surface area contributed by atoms with E-state index in [1.807, 2.05) is 0 Å². The van der Waals surface area contributed by atoms with Gasteiger partial charge in [-0.15, -0.1) is 13.0 Å². The van der Waals surface area contributed by atoms with E-state index in [9.17, 15) is 78.7 Å². The summed E-state index contributed by atoms with van der Waals surface area (Å²) in [5.41, 5.74) is -3.14. The zero-order chi connectivity index (χ0) is 46.4. The van der Waals surface area contributed by atoms with Crippen LogP contribution in [0.25, 0.3) is 21.9 Å². The lowest BCUT2D eigenvalue weighted by molar-refractivity contribution is -0.432. The van der Waals surface area contributed by atoms with Crippen molar-refractivity contribution in [2.45, 2.75) is 0 Å². The molecule has 0 unspecified atom stereocenters. The second-order valence-electron chi connectivity index (χ2n) is 11.2. The molecule has 2 aromatic rings. The van der Waals surface area contributed by atoms with Crippen LogP contribution in [0, 0.1) is 0 Å². The molecule has 1 aromatic carbocycles. The highest BCUT2D eigenvalue weighted by atomic mass is 32.2. The lowest BCUT2D eigenvalue weighted by Gasteiger charge is -2.32. The number of imide groups is 8. The molecule has 2 saturated heterocycles. The predicted molar refractivity (Wildman–Crippen MR) is 191 cm³/mol. The number of nitrogens with zero attached hydrogens (tertiary/aromatic N) is 5. The van der Waals surface area contributed by atoms with Gasteiger partial charge in [-0.05, 0) is 0 Å². The number of hydrogen-bond acceptors (Lipinski definition) is 27. The summed E-state index contributed by atoms with van der Waals surface area (Å²) in [6.07, 6.45) is 0. The van der Waals surface area contributed by atoms with Crippen LogP contribution in [0.5, 0.6) is 0 Å². The van der Waals surface area contributed by atoms with E-state index in [-0.39, 0.29) is 50.5 Å². The van der Waals surface area contributed by atoms with Gasteiger partial charge in [0.2, 0.25) is 16.1 Å². The molecule has 0 aliphatic carbocycles. The normalized spacial score (nSPS) is 15.4. The topological polar surface area (TPSA) is 430 Å². The van der Waals surface area contributed by atoms with Gasteiger partial charge in [0.1, 0.15) is 54.1 Å². The van der Waals surface area contributed by atoms with Crippen molar-refractivity contribution in [2.75, 3.05) is 30.3 Å². The molecule has 4 rings (SSSR count). The summed E-state index contributed by atoms with van der Waals surface area (Å²) in [6.45, 7) is -2.83. The number of barbiturate groups is 2. The molecule has 2 aliphatic heterocycles. The first-order chi connectivity index (χ1) is 29.0. The van der Waals surface area contributed by atoms with Gasteiger partial charge in [-0.1, -0.05) is 39.4 Å². The summed E-state index contributed by atoms with van der Waals surface area (Å²) in [6, 6.07) is -0.0759. The maximum absolute atomic E-state index is 14.3. The maximum atomic E-state index is 14.3. The van der Waals surface area contributed by atoms with Gasteiger partial charge in [0.05, 0.1) is 10.7 Å². The molecule has 0 spiro atoms. The summed E-state index contributed by atoms with van der Waals surface area (Å²) in [5, 5.41) is 29.2. The average Bonchev–Trinajstić information content (AvgIpc) is 3.49. The van der Waals surface area contributed by atoms with Gasteiger partial charge in [0.25, 0.3) is 55.7 Å². The third-order valence-electron chi connectivity index (χ3n) is 7.46. The Bertz CT molecular complexity index is 2560. The van der Waals surface area contributed by atoms with Crippen LogP contribution in [0.2, 0.25) is 0 Å². The summed E-state index contributed by atoms with van der Waals surface area (Å²) in [7, 11) is -10.9. The first-order valence-electron chi connectivity index (χ1n) is 15.2. The quantitative estimate of drug-likeness (QED) is 0.0355. The van der Waals surface area contributed by atoms with Crippen molar-refractivity contribution < 1.29 is 123 Å². The van der Waals surface area contributed by atoms with Crippen molar-refractivity contribution in [3.63, 3.8) is 0 Å². The summed E-state index contributed by atoms with van der Waals surface area (Å²) in [5.74, 6) is -19.6. The monoisotopic (exact) mass is 977 g/mol. The van der Waals surface area contributed by atoms with Crippen molar-refractivity contribution in [3.8, 4) is 0 Å². The lowest BCUT2D eigenvalue weighted by atomic mass is 10.1. The third kappa shape index (κ3) is 10.8. The van der Waals surface area contributed by atoms with Crippen molar-refractivity contribution in [1.82, 2.24) is 24.2 Å². The number of carbonyl (C=O) groups is 11. The number of amides is 10. The van der Waals surface area contributed by atoms with Crippen LogP contribution in [0.3, 0.4) is 0 Å². The maximum Gasteiger partial charge on any atom is 0.347 e. The van der Waals surface area contributed by atoms with E-state index in [1.54, 1.807) is 0 Å². The summed E-state index contributed by atoms with van der Waals surface area (Å²) in [4.78, 5) is 148. The molecule has 5 N–H and O–H groups in total. The molecule has 0 atom stereocenters. The van der Waals surface area contributed by atoms with Gasteiger partial charge >= 0.3 is 12.1 Å². The molecule has 0 radical (unpaired) electrons. The number of benzene rings is 1. The summed E-state index contributed by atoms with van der Waals surface area (Å²) >= 11 is -0.768. The fourth-order valence-electron chi connectivity index (χ4n) is 5.40. The Hall–Kier alpha value is -5.42. The number of aromatic nitrogens is 1. The Morgan fingerprint density at radius 1 is 0.565 bits per heavy atom. The van der Waals surface area contributed by atoms with Gasteiger partial charge in [0, 0.05) is 22.8 Å². The first kappa shape index (κ1) is 49.2. The second kappa shape index (κ2) is 20.2. The van der Waals surface area contributed by atoms with Crippen LogP contribution >= 0.6 is 36.1 Å². The molecule has 1 aromatic heterocycles. The van der Waals surface area contributed by atoms with E-state index in [0.29, 0.717) is 0 Å². The Kier molecular flexibility index (Phi) is 16.0. The standard InChI is InChI=1S/C26H19N5O26S5/c32-12(7-58-55-52-43)29-19(17-21(37)27(5-15(35)59-56-53-44)25(41)28(22(17)38)6-16(36)60-57-54-45)10-3-1-2-4-11(10)20(29)18-23(39)30(13(33)8-61(46,47)48)26(42)31(24(18)40)14(34)9-62(49,50)51/h1-4,43-45H,5-9H2,(H,46,47,48)(H,49,50,51). The van der Waals surface area contributed by atoms with Gasteiger partial charge < -0.3 is 0 Å². The molecule has 10 amide bonds. The molecule has 0 bridgehead atoms. The van der Waals surface area contributed by atoms with Crippen molar-refractivity contribution >= 4 is 142 Å². The SMILES string of the molecule is O=C(CN1C(=O)C(=c2c3ccccc3c(=C3C(=O)N(C(=O)CS(=O)(=O)O)C(=O)N(C(=O)CS(=O)(=O)O)C3=O)n2C(=O)CSOOO)C(=O)N(CC(=O)SOOO)C1=O)SOOO. The van der Waals surface area contributed by atoms with E-state index in [4.69, 9.17) is 15.8 Å². The Morgan fingerprint density at radius 2 is 0.952 bits per heavy atom. The van der Waals surface area contributed by atoms with Crippen molar-refractivity contribution in [1.29, 1.82) is 0 Å². The van der Waals surface area contributed by atoms with Gasteiger partial charge in [-0.2, -0.15) is 26.6 Å². The minimum Gasteiger partial charge on any atom is -0.285 e. The first-order valence-corrected chi connectivity index (χ1v) is 20.8. The molecule has 3 heterocycles. The van der Waals surface area contributed by atoms with Crippen LogP contribution < -0.4 is 10.7 Å². The fraction of sp³-hybridized carbons (Fsp3) is 0.192. The highest BCUT2D eigenvalue weighted by molar-refractivity contribution is 8.09. The summed E-state index contributed by atoms with van der Waals surface area (Å²) < 4.78 is 77.5. The number of hydrogen-bond donors (Lipinski definition) is 5. The minimum atomic E-state index is -5.47. The molecular formula is C26H19N5O26S5. The van der Waals surface area contributed by atoms with E-state index in [2.05, 4.69) is 28.1 Å². The van der Waals surface area contributed by atoms with Crippen LogP contribution in [0.15, 0.2) is 24.3 Å². The fourth-order valence-corrected chi connectivity index (χ4v) is 7.18. The van der Waals surface area contributed by atoms with E-state index in [1.165, 1.54) is 0 Å². The number of carbonyl (C=O) groups excluding carboxylic acids is 11. The van der Waals surface area contributed by atoms with Crippen molar-refractivity contribution in [2.24, 2.45) is 0 Å². The van der Waals surface area contributed by atoms with E-state index >= 15 is 0 Å². The zero-order valence-corrected chi connectivity index (χ0v) is 33.5. The molecule has 62 heavy (non-hydrogen) atoms. The Balaban J connectivity index is 2.29.